The Balaban J connectivity index is 0. The van der Waals surface area contributed by atoms with Gasteiger partial charge in [0.25, 0.3) is 0 Å². The number of imidazole rings is 1. The minimum atomic E-state index is 0. The fraction of sp³-hybridized carbons (Fsp3) is 0.400. The van der Waals surface area contributed by atoms with Crippen LogP contribution in [0.1, 0.15) is 54.1 Å². The fourth-order valence-electron chi connectivity index (χ4n) is 2.90. The summed E-state index contributed by atoms with van der Waals surface area (Å²) in [4.78, 5) is 19.2. The van der Waals surface area contributed by atoms with E-state index in [4.69, 9.17) is 0 Å². The minimum absolute atomic E-state index is 0. The van der Waals surface area contributed by atoms with Crippen LogP contribution >= 0.6 is 0 Å². The molecule has 8 heteroatoms. The molecule has 0 saturated carbocycles. The molecule has 2 aromatic rings. The zero-order valence-electron chi connectivity index (χ0n) is 17.6. The van der Waals surface area contributed by atoms with Crippen LogP contribution in [0.4, 0.5) is 0 Å². The molecule has 28 heavy (non-hydrogen) atoms. The Hall–Kier alpha value is 1.33. The van der Waals surface area contributed by atoms with E-state index in [-0.39, 0.29) is 118 Å². The standard InChI is InChI=1S/C18H21N4O.C2H6.Rb.W.Y/c1-13-6-7-16-15(10-13)18(23)21(9-5-4-8-19-3)12-17-20-11-14(2)22(16)17;1-2;;;/h6-7,9-11H,1,4-5,8,12H2,2-3H3;1-2H3;;;/q-3;;+1;;. The summed E-state index contributed by atoms with van der Waals surface area (Å²) in [6.45, 7) is 13.2. The number of aromatic nitrogens is 2. The van der Waals surface area contributed by atoms with E-state index in [1.807, 2.05) is 58.8 Å². The second-order valence-corrected chi connectivity index (χ2v) is 5.80. The van der Waals surface area contributed by atoms with Crippen molar-refractivity contribution in [1.29, 1.82) is 0 Å². The molecule has 0 fully saturated rings. The van der Waals surface area contributed by atoms with Crippen molar-refractivity contribution >= 4 is 5.91 Å². The number of carbonyl (C=O) groups is 1. The Labute approximate surface area is 258 Å². The maximum atomic E-state index is 12.9. The number of benzene rings is 1. The van der Waals surface area contributed by atoms with E-state index in [1.165, 1.54) is 0 Å². The van der Waals surface area contributed by atoms with E-state index in [2.05, 4.69) is 21.8 Å². The van der Waals surface area contributed by atoms with E-state index in [1.54, 1.807) is 4.90 Å². The molecule has 2 heterocycles. The van der Waals surface area contributed by atoms with Crippen molar-refractivity contribution in [3.05, 3.63) is 65.8 Å². The number of aryl methyl sites for hydroxylation is 1. The van der Waals surface area contributed by atoms with Crippen molar-refractivity contribution in [1.82, 2.24) is 14.5 Å². The van der Waals surface area contributed by atoms with Crippen LogP contribution < -0.4 is 58.2 Å². The van der Waals surface area contributed by atoms with Gasteiger partial charge in [0.2, 0.25) is 5.91 Å². The molecular weight excluding hydrogens is 670 g/mol. The van der Waals surface area contributed by atoms with Gasteiger partial charge in [0, 0.05) is 76.9 Å². The van der Waals surface area contributed by atoms with Crippen LogP contribution in [0, 0.1) is 20.4 Å². The second-order valence-electron chi connectivity index (χ2n) is 5.80. The molecule has 0 saturated heterocycles. The predicted octanol–water partition coefficient (Wildman–Crippen LogP) is 1.29. The van der Waals surface area contributed by atoms with Crippen molar-refractivity contribution in [2.75, 3.05) is 13.6 Å². The third-order valence-corrected chi connectivity index (χ3v) is 4.05. The molecule has 0 bridgehead atoms. The number of hydrogen-bond donors (Lipinski definition) is 0. The van der Waals surface area contributed by atoms with Crippen LogP contribution in [0.5, 0.6) is 0 Å². The molecule has 1 aliphatic heterocycles. The van der Waals surface area contributed by atoms with Crippen LogP contribution in [-0.4, -0.2) is 34.0 Å². The maximum Gasteiger partial charge on any atom is 1.00 e. The zero-order chi connectivity index (χ0) is 18.4. The number of nitrogens with zero attached hydrogens (tertiary/aromatic N) is 4. The molecule has 1 aliphatic rings. The van der Waals surface area contributed by atoms with Gasteiger partial charge in [-0.1, -0.05) is 26.3 Å². The summed E-state index contributed by atoms with van der Waals surface area (Å²) in [6.07, 6.45) is 3.61. The van der Waals surface area contributed by atoms with Crippen molar-refractivity contribution < 1.29 is 117 Å². The molecule has 1 aromatic heterocycles. The second kappa shape index (κ2) is 16.0. The average molecular weight is 698 g/mol. The number of carbonyl (C=O) groups excluding carboxylic acids is 1. The van der Waals surface area contributed by atoms with Crippen LogP contribution in [0.2, 0.25) is 0 Å². The molecule has 0 spiro atoms. The van der Waals surface area contributed by atoms with Gasteiger partial charge in [-0.2, -0.15) is 38.6 Å². The quantitative estimate of drug-likeness (QED) is 0.350. The molecule has 1 radical (unpaired) electrons. The zero-order valence-corrected chi connectivity index (χ0v) is 28.3. The average Bonchev–Trinajstić information content (AvgIpc) is 2.93. The summed E-state index contributed by atoms with van der Waals surface area (Å²) in [7, 11) is 1.81. The summed E-state index contributed by atoms with van der Waals surface area (Å²) >= 11 is 0. The van der Waals surface area contributed by atoms with Crippen LogP contribution in [0.3, 0.4) is 0 Å². The molecule has 0 aliphatic carbocycles. The van der Waals surface area contributed by atoms with Crippen LogP contribution in [-0.2, 0) is 60.3 Å². The van der Waals surface area contributed by atoms with Crippen molar-refractivity contribution in [2.45, 2.75) is 40.2 Å². The molecular formula is C20H27N4ORbWY-2. The van der Waals surface area contributed by atoms with Gasteiger partial charge in [0.15, 0.2) is 0 Å². The fourth-order valence-corrected chi connectivity index (χ4v) is 2.90. The normalized spacial score (nSPS) is 11.4. The molecule has 3 rings (SSSR count). The smallest absolute Gasteiger partial charge is 0.665 e. The van der Waals surface area contributed by atoms with E-state index >= 15 is 0 Å². The van der Waals surface area contributed by atoms with E-state index in [9.17, 15) is 4.79 Å². The first-order chi connectivity index (χ1) is 12.1. The Morgan fingerprint density at radius 2 is 2.00 bits per heavy atom. The van der Waals surface area contributed by atoms with Crippen molar-refractivity contribution in [2.24, 2.45) is 0 Å². The molecule has 145 valence electrons. The summed E-state index contributed by atoms with van der Waals surface area (Å²) in [5.74, 6) is 0.881. The Morgan fingerprint density at radius 3 is 2.64 bits per heavy atom. The first-order valence-corrected chi connectivity index (χ1v) is 8.81. The van der Waals surface area contributed by atoms with Gasteiger partial charge in [0.05, 0.1) is 6.54 Å². The van der Waals surface area contributed by atoms with Crippen LogP contribution in [0.25, 0.3) is 11.0 Å². The predicted molar refractivity (Wildman–Crippen MR) is 102 cm³/mol. The Bertz CT molecular complexity index is 739. The molecule has 0 atom stereocenters. The molecule has 1 aromatic carbocycles. The van der Waals surface area contributed by atoms with E-state index in [0.717, 1.165) is 42.2 Å². The topological polar surface area (TPSA) is 52.2 Å². The summed E-state index contributed by atoms with van der Waals surface area (Å²) in [6, 6.07) is 5.74. The van der Waals surface area contributed by atoms with Gasteiger partial charge in [-0.15, -0.1) is 6.07 Å². The van der Waals surface area contributed by atoms with Gasteiger partial charge in [-0.25, -0.2) is 11.5 Å². The molecule has 0 unspecified atom stereocenters. The first-order valence-electron chi connectivity index (χ1n) is 8.81. The number of fused-ring (bicyclic) bond motifs is 3. The summed E-state index contributed by atoms with van der Waals surface area (Å²) in [5, 5.41) is 4.09. The van der Waals surface area contributed by atoms with Crippen molar-refractivity contribution in [3.8, 4) is 5.69 Å². The SMILES string of the molecule is CC.[CH2-]c1ccc2c(c1)C(=O)N([CH-]CCC[N-]C)Cc1ncc(C)n1-2.[Rb+].[W].[Y]. The van der Waals surface area contributed by atoms with E-state index < -0.39 is 0 Å². The van der Waals surface area contributed by atoms with Crippen molar-refractivity contribution in [3.63, 3.8) is 0 Å². The summed E-state index contributed by atoms with van der Waals surface area (Å²) < 4.78 is 2.06. The van der Waals surface area contributed by atoms with Crippen LogP contribution in [0.15, 0.2) is 24.4 Å². The summed E-state index contributed by atoms with van der Waals surface area (Å²) in [5.41, 5.74) is 3.42. The minimum Gasteiger partial charge on any atom is -0.665 e. The third kappa shape index (κ3) is 7.78. The van der Waals surface area contributed by atoms with E-state index in [0.29, 0.717) is 12.1 Å². The number of unbranched alkanes of at least 4 members (excludes halogenated alkanes) is 1. The first kappa shape index (κ1) is 31.5. The molecule has 5 nitrogen and oxygen atoms in total. The van der Waals surface area contributed by atoms with Gasteiger partial charge in [0.1, 0.15) is 5.82 Å². The van der Waals surface area contributed by atoms with Gasteiger partial charge in [-0.3, -0.25) is 4.79 Å². The van der Waals surface area contributed by atoms with Gasteiger partial charge < -0.3 is 14.8 Å². The number of amides is 1. The largest absolute Gasteiger partial charge is 1.00 e. The monoisotopic (exact) mass is 697 g/mol. The molecule has 1 amide bonds. The Morgan fingerprint density at radius 1 is 1.32 bits per heavy atom. The number of hydrogen-bond acceptors (Lipinski definition) is 2. The third-order valence-electron chi connectivity index (χ3n) is 4.05. The van der Waals surface area contributed by atoms with Gasteiger partial charge >= 0.3 is 58.2 Å². The Kier molecular flexibility index (Phi) is 18.0. The van der Waals surface area contributed by atoms with Gasteiger partial charge in [-0.05, 0) is 6.92 Å². The number of rotatable bonds is 5. The molecule has 0 N–H and O–H groups in total. The maximum absolute atomic E-state index is 12.9.